The fourth-order valence-electron chi connectivity index (χ4n) is 2.59. The molecule has 0 bridgehead atoms. The summed E-state index contributed by atoms with van der Waals surface area (Å²) in [5.41, 5.74) is 5.61. The maximum atomic E-state index is 2.33. The number of hydrogen-bond donors (Lipinski definition) is 0. The van der Waals surface area contributed by atoms with Gasteiger partial charge in [0.25, 0.3) is 0 Å². The van der Waals surface area contributed by atoms with E-state index in [1.54, 1.807) is 0 Å². The summed E-state index contributed by atoms with van der Waals surface area (Å²) in [6, 6.07) is 17.6. The third-order valence-corrected chi connectivity index (χ3v) is 4.42. The van der Waals surface area contributed by atoms with Crippen molar-refractivity contribution in [2.24, 2.45) is 0 Å². The molecule has 0 heterocycles. The zero-order chi connectivity index (χ0) is 21.1. The van der Waals surface area contributed by atoms with E-state index in [4.69, 9.17) is 0 Å². The van der Waals surface area contributed by atoms with Crippen LogP contribution in [0, 0.1) is 13.8 Å². The zero-order valence-corrected chi connectivity index (χ0v) is 19.7. The van der Waals surface area contributed by atoms with Gasteiger partial charge in [-0.15, -0.1) is 0 Å². The molecule has 1 unspecified atom stereocenters. The average molecular weight is 371 g/mol. The van der Waals surface area contributed by atoms with Gasteiger partial charge in [0.15, 0.2) is 0 Å². The molecule has 0 fully saturated rings. The van der Waals surface area contributed by atoms with Crippen LogP contribution >= 0.6 is 0 Å². The molecule has 2 aromatic carbocycles. The van der Waals surface area contributed by atoms with Gasteiger partial charge in [0.1, 0.15) is 0 Å². The van der Waals surface area contributed by atoms with Gasteiger partial charge in [0, 0.05) is 0 Å². The van der Waals surface area contributed by atoms with E-state index in [-0.39, 0.29) is 0 Å². The van der Waals surface area contributed by atoms with Crippen LogP contribution in [0.2, 0.25) is 0 Å². The minimum absolute atomic E-state index is 0.724. The highest BCUT2D eigenvalue weighted by Crippen LogP contribution is 2.21. The van der Waals surface area contributed by atoms with Crippen molar-refractivity contribution in [2.45, 2.75) is 100 Å². The van der Waals surface area contributed by atoms with E-state index in [9.17, 15) is 0 Å². The first kappa shape index (κ1) is 27.7. The third-order valence-electron chi connectivity index (χ3n) is 4.42. The van der Waals surface area contributed by atoms with Crippen molar-refractivity contribution < 1.29 is 0 Å². The Balaban J connectivity index is 0. The molecule has 0 saturated carbocycles. The molecule has 154 valence electrons. The molecule has 0 radical (unpaired) electrons. The Morgan fingerprint density at radius 3 is 1.52 bits per heavy atom. The standard InChI is InChI=1S/C14H22.C9H12.2C2H6/c1-4-5-6-7-13(3)14-10-8-12(2)9-11-14;1-3-9-6-4-8(2)5-7-9;2*1-2/h8-11,13H,4-7H2,1-3H3;4-7H,3H2,1-2H3;2*1-2H3. The average Bonchev–Trinajstić information content (AvgIpc) is 2.73. The predicted octanol–water partition coefficient (Wildman–Crippen LogP) is 9.29. The fraction of sp³-hybridized carbons (Fsp3) is 0.556. The smallest absolute Gasteiger partial charge is 0.0190 e. The van der Waals surface area contributed by atoms with Gasteiger partial charge in [0.05, 0.1) is 0 Å². The van der Waals surface area contributed by atoms with E-state index in [1.165, 1.54) is 47.9 Å². The number of aryl methyl sites for hydroxylation is 3. The summed E-state index contributed by atoms with van der Waals surface area (Å²) in [6.07, 6.45) is 6.53. The maximum absolute atomic E-state index is 2.33. The van der Waals surface area contributed by atoms with Crippen molar-refractivity contribution in [3.8, 4) is 0 Å². The van der Waals surface area contributed by atoms with Crippen LogP contribution in [0.4, 0.5) is 0 Å². The zero-order valence-electron chi connectivity index (χ0n) is 19.7. The number of benzene rings is 2. The Morgan fingerprint density at radius 1 is 0.667 bits per heavy atom. The first-order valence-corrected chi connectivity index (χ1v) is 11.2. The lowest BCUT2D eigenvalue weighted by molar-refractivity contribution is 0.598. The SMILES string of the molecule is CC.CC.CCCCCC(C)c1ccc(C)cc1.CCc1ccc(C)cc1. The summed E-state index contributed by atoms with van der Waals surface area (Å²) in [6.45, 7) is 19.0. The van der Waals surface area contributed by atoms with Gasteiger partial charge in [-0.1, -0.05) is 127 Å². The largest absolute Gasteiger partial charge is 0.0683 e. The molecule has 0 aliphatic heterocycles. The minimum Gasteiger partial charge on any atom is -0.0683 e. The summed E-state index contributed by atoms with van der Waals surface area (Å²) in [7, 11) is 0. The van der Waals surface area contributed by atoms with E-state index >= 15 is 0 Å². The first-order valence-electron chi connectivity index (χ1n) is 11.2. The molecule has 0 saturated heterocycles. The van der Waals surface area contributed by atoms with E-state index in [1.807, 2.05) is 27.7 Å². The summed E-state index contributed by atoms with van der Waals surface area (Å²) < 4.78 is 0. The predicted molar refractivity (Wildman–Crippen MR) is 127 cm³/mol. The maximum Gasteiger partial charge on any atom is -0.0190 e. The van der Waals surface area contributed by atoms with Gasteiger partial charge < -0.3 is 0 Å². The molecule has 2 aromatic rings. The minimum atomic E-state index is 0.724. The van der Waals surface area contributed by atoms with Gasteiger partial charge in [-0.25, -0.2) is 0 Å². The second-order valence-corrected chi connectivity index (χ2v) is 6.65. The molecule has 0 aliphatic carbocycles. The van der Waals surface area contributed by atoms with Crippen LogP contribution in [0.5, 0.6) is 0 Å². The van der Waals surface area contributed by atoms with E-state index in [0.717, 1.165) is 12.3 Å². The normalized spacial score (nSPS) is 10.3. The van der Waals surface area contributed by atoms with E-state index < -0.39 is 0 Å². The second-order valence-electron chi connectivity index (χ2n) is 6.65. The van der Waals surface area contributed by atoms with Crippen LogP contribution in [-0.2, 0) is 6.42 Å². The quantitative estimate of drug-likeness (QED) is 0.444. The lowest BCUT2D eigenvalue weighted by Crippen LogP contribution is -1.93. The Hall–Kier alpha value is -1.56. The fourth-order valence-corrected chi connectivity index (χ4v) is 2.59. The second kappa shape index (κ2) is 19.2. The van der Waals surface area contributed by atoms with Crippen LogP contribution in [-0.4, -0.2) is 0 Å². The lowest BCUT2D eigenvalue weighted by atomic mass is 9.94. The Labute approximate surface area is 171 Å². The van der Waals surface area contributed by atoms with Gasteiger partial charge >= 0.3 is 0 Å². The van der Waals surface area contributed by atoms with E-state index in [2.05, 4.69) is 83.1 Å². The summed E-state index contributed by atoms with van der Waals surface area (Å²) >= 11 is 0. The van der Waals surface area contributed by atoms with Gasteiger partial charge in [-0.05, 0) is 43.7 Å². The molecule has 27 heavy (non-hydrogen) atoms. The summed E-state index contributed by atoms with van der Waals surface area (Å²) in [4.78, 5) is 0. The van der Waals surface area contributed by atoms with Crippen molar-refractivity contribution in [3.05, 3.63) is 70.8 Å². The van der Waals surface area contributed by atoms with Crippen LogP contribution < -0.4 is 0 Å². The van der Waals surface area contributed by atoms with E-state index in [0.29, 0.717) is 0 Å². The van der Waals surface area contributed by atoms with Gasteiger partial charge in [-0.2, -0.15) is 0 Å². The number of hydrogen-bond acceptors (Lipinski definition) is 0. The highest BCUT2D eigenvalue weighted by molar-refractivity contribution is 5.24. The van der Waals surface area contributed by atoms with Crippen molar-refractivity contribution in [1.29, 1.82) is 0 Å². The highest BCUT2D eigenvalue weighted by atomic mass is 14.1. The first-order chi connectivity index (χ1) is 13.1. The number of unbranched alkanes of at least 4 members (excludes halogenated alkanes) is 2. The Morgan fingerprint density at radius 2 is 1.11 bits per heavy atom. The molecule has 0 N–H and O–H groups in total. The number of rotatable bonds is 6. The van der Waals surface area contributed by atoms with Crippen molar-refractivity contribution in [1.82, 2.24) is 0 Å². The molecule has 0 amide bonds. The molecular weight excluding hydrogens is 324 g/mol. The van der Waals surface area contributed by atoms with Crippen molar-refractivity contribution in [2.75, 3.05) is 0 Å². The molecule has 0 spiro atoms. The van der Waals surface area contributed by atoms with Gasteiger partial charge in [0.2, 0.25) is 0 Å². The Kier molecular flexibility index (Phi) is 19.7. The summed E-state index contributed by atoms with van der Waals surface area (Å²) in [5, 5.41) is 0. The molecule has 2 rings (SSSR count). The lowest BCUT2D eigenvalue weighted by Gasteiger charge is -2.11. The topological polar surface area (TPSA) is 0 Å². The van der Waals surface area contributed by atoms with Gasteiger partial charge in [-0.3, -0.25) is 0 Å². The monoisotopic (exact) mass is 370 g/mol. The molecule has 0 heteroatoms. The third kappa shape index (κ3) is 14.2. The molecule has 0 nitrogen and oxygen atoms in total. The molecule has 1 atom stereocenters. The Bertz CT molecular complexity index is 519. The van der Waals surface area contributed by atoms with Crippen LogP contribution in [0.3, 0.4) is 0 Å². The molecule has 0 aromatic heterocycles. The highest BCUT2D eigenvalue weighted by Gasteiger charge is 2.03. The van der Waals surface area contributed by atoms with Crippen LogP contribution in [0.1, 0.15) is 102 Å². The molecular formula is C27H46. The molecule has 0 aliphatic rings. The van der Waals surface area contributed by atoms with Crippen molar-refractivity contribution >= 4 is 0 Å². The van der Waals surface area contributed by atoms with Crippen molar-refractivity contribution in [3.63, 3.8) is 0 Å². The van der Waals surface area contributed by atoms with Crippen LogP contribution in [0.25, 0.3) is 0 Å². The summed E-state index contributed by atoms with van der Waals surface area (Å²) in [5.74, 6) is 0.724. The van der Waals surface area contributed by atoms with Crippen LogP contribution in [0.15, 0.2) is 48.5 Å².